The van der Waals surface area contributed by atoms with Crippen molar-refractivity contribution in [2.24, 2.45) is 0 Å². The molecule has 3 N–H and O–H groups in total. The maximum atomic E-state index is 12.1. The number of hydrogen-bond acceptors (Lipinski definition) is 3. The highest BCUT2D eigenvalue weighted by Gasteiger charge is 2.10. The van der Waals surface area contributed by atoms with Gasteiger partial charge in [0.25, 0.3) is 5.91 Å². The largest absolute Gasteiger partial charge is 0.332 e. The van der Waals surface area contributed by atoms with Gasteiger partial charge in [0, 0.05) is 23.4 Å². The van der Waals surface area contributed by atoms with Crippen molar-refractivity contribution in [1.29, 1.82) is 0 Å². The van der Waals surface area contributed by atoms with E-state index in [0.717, 1.165) is 11.3 Å². The topological polar surface area (TPSA) is 70.2 Å². The third kappa shape index (κ3) is 4.63. The van der Waals surface area contributed by atoms with Crippen LogP contribution in [0.1, 0.15) is 29.3 Å². The fourth-order valence-corrected chi connectivity index (χ4v) is 2.27. The van der Waals surface area contributed by atoms with E-state index in [1.54, 1.807) is 31.2 Å². The minimum absolute atomic E-state index is 0.0600. The lowest BCUT2D eigenvalue weighted by molar-refractivity contribution is -0.115. The maximum absolute atomic E-state index is 12.1. The Kier molecular flexibility index (Phi) is 6.03. The van der Waals surface area contributed by atoms with Crippen LogP contribution in [0.15, 0.2) is 48.5 Å². The van der Waals surface area contributed by atoms with Crippen LogP contribution in [-0.2, 0) is 4.79 Å². The molecule has 5 nitrogen and oxygen atoms in total. The summed E-state index contributed by atoms with van der Waals surface area (Å²) in [5.41, 5.74) is 2.81. The van der Waals surface area contributed by atoms with Crippen LogP contribution in [0.2, 0.25) is 0 Å². The Morgan fingerprint density at radius 2 is 1.58 bits per heavy atom. The van der Waals surface area contributed by atoms with E-state index in [2.05, 4.69) is 16.0 Å². The smallest absolute Gasteiger partial charge is 0.257 e. The molecule has 0 aliphatic carbocycles. The van der Waals surface area contributed by atoms with Crippen LogP contribution in [0.5, 0.6) is 0 Å². The summed E-state index contributed by atoms with van der Waals surface area (Å²) < 4.78 is 0. The van der Waals surface area contributed by atoms with Crippen LogP contribution in [0, 0.1) is 6.92 Å². The number of anilines is 2. The number of carbonyl (C=O) groups excluding carboxylic acids is 2. The van der Waals surface area contributed by atoms with Gasteiger partial charge >= 0.3 is 0 Å². The molecule has 24 heavy (non-hydrogen) atoms. The zero-order valence-electron chi connectivity index (χ0n) is 13.6. The molecule has 0 spiro atoms. The van der Waals surface area contributed by atoms with Gasteiger partial charge in [0.05, 0.1) is 0 Å². The molecule has 2 rings (SSSR count). The van der Waals surface area contributed by atoms with Gasteiger partial charge in [-0.15, -0.1) is 0 Å². The summed E-state index contributed by atoms with van der Waals surface area (Å²) in [4.78, 5) is 23.6. The van der Waals surface area contributed by atoms with Crippen molar-refractivity contribution in [3.8, 4) is 0 Å². The first-order chi connectivity index (χ1) is 11.5. The fourth-order valence-electron chi connectivity index (χ4n) is 2.06. The van der Waals surface area contributed by atoms with Gasteiger partial charge in [-0.25, -0.2) is 0 Å². The van der Waals surface area contributed by atoms with Gasteiger partial charge in [0.15, 0.2) is 5.11 Å². The minimum atomic E-state index is -0.277. The van der Waals surface area contributed by atoms with E-state index in [4.69, 9.17) is 12.2 Å². The Morgan fingerprint density at radius 3 is 2.21 bits per heavy atom. The van der Waals surface area contributed by atoms with Gasteiger partial charge in [-0.05, 0) is 49.0 Å². The molecule has 124 valence electrons. The molecule has 2 aromatic rings. The molecule has 2 aromatic carbocycles. The van der Waals surface area contributed by atoms with Crippen LogP contribution in [0.3, 0.4) is 0 Å². The first kappa shape index (κ1) is 17.6. The van der Waals surface area contributed by atoms with Gasteiger partial charge in [-0.1, -0.05) is 31.2 Å². The summed E-state index contributed by atoms with van der Waals surface area (Å²) in [5.74, 6) is -0.337. The molecule has 0 radical (unpaired) electrons. The summed E-state index contributed by atoms with van der Waals surface area (Å²) in [5, 5.41) is 8.66. The Morgan fingerprint density at radius 1 is 0.958 bits per heavy atom. The third-order valence-corrected chi connectivity index (χ3v) is 3.64. The Labute approximate surface area is 146 Å². The van der Waals surface area contributed by atoms with E-state index in [1.165, 1.54) is 0 Å². The van der Waals surface area contributed by atoms with E-state index >= 15 is 0 Å². The first-order valence-electron chi connectivity index (χ1n) is 7.58. The predicted molar refractivity (Wildman–Crippen MR) is 100 cm³/mol. The molecule has 6 heteroatoms. The molecule has 0 saturated carbocycles. The highest BCUT2D eigenvalue weighted by atomic mass is 32.1. The third-order valence-electron chi connectivity index (χ3n) is 3.44. The molecule has 0 atom stereocenters. The van der Waals surface area contributed by atoms with Crippen molar-refractivity contribution in [1.82, 2.24) is 5.32 Å². The zero-order chi connectivity index (χ0) is 17.5. The summed E-state index contributed by atoms with van der Waals surface area (Å²) in [6.45, 7) is 3.66. The second kappa shape index (κ2) is 8.21. The lowest BCUT2D eigenvalue weighted by Crippen LogP contribution is -2.34. The lowest BCUT2D eigenvalue weighted by atomic mass is 10.1. The van der Waals surface area contributed by atoms with Crippen molar-refractivity contribution in [3.63, 3.8) is 0 Å². The summed E-state index contributed by atoms with van der Waals surface area (Å²) >= 11 is 5.20. The number of rotatable bonds is 4. The van der Waals surface area contributed by atoms with Crippen molar-refractivity contribution in [3.05, 3.63) is 59.7 Å². The van der Waals surface area contributed by atoms with Gasteiger partial charge in [0.1, 0.15) is 0 Å². The molecule has 0 aromatic heterocycles. The van der Waals surface area contributed by atoms with Crippen LogP contribution in [0.4, 0.5) is 11.4 Å². The van der Waals surface area contributed by atoms with Crippen LogP contribution in [0.25, 0.3) is 0 Å². The first-order valence-corrected chi connectivity index (χ1v) is 7.99. The molecule has 0 heterocycles. The Balaban J connectivity index is 2.05. The highest BCUT2D eigenvalue weighted by Crippen LogP contribution is 2.23. The van der Waals surface area contributed by atoms with E-state index in [9.17, 15) is 9.59 Å². The molecule has 0 unspecified atom stereocenters. The summed E-state index contributed by atoms with van der Waals surface area (Å²) in [6.07, 6.45) is 0.405. The normalized spacial score (nSPS) is 9.92. The number of carbonyl (C=O) groups is 2. The molecular weight excluding hydrogens is 322 g/mol. The van der Waals surface area contributed by atoms with Crippen LogP contribution < -0.4 is 16.0 Å². The van der Waals surface area contributed by atoms with Gasteiger partial charge < -0.3 is 10.6 Å². The van der Waals surface area contributed by atoms with Crippen LogP contribution >= 0.6 is 12.2 Å². The zero-order valence-corrected chi connectivity index (χ0v) is 14.4. The standard InChI is InChI=1S/C18H19N3O2S/c1-3-16(22)19-14-10-7-11-15(12(14)2)20-18(24)21-17(23)13-8-5-4-6-9-13/h4-11H,3H2,1-2H3,(H,19,22)(H2,20,21,23,24). The molecule has 0 aliphatic rings. The number of benzene rings is 2. The molecule has 0 saturated heterocycles. The number of hydrogen-bond donors (Lipinski definition) is 3. The lowest BCUT2D eigenvalue weighted by Gasteiger charge is -2.15. The second-order valence-electron chi connectivity index (χ2n) is 5.15. The summed E-state index contributed by atoms with van der Waals surface area (Å²) in [7, 11) is 0. The van der Waals surface area contributed by atoms with E-state index < -0.39 is 0 Å². The molecule has 0 aliphatic heterocycles. The van der Waals surface area contributed by atoms with Crippen molar-refractivity contribution < 1.29 is 9.59 Å². The number of thiocarbonyl (C=S) groups is 1. The van der Waals surface area contributed by atoms with Crippen LogP contribution in [-0.4, -0.2) is 16.9 Å². The van der Waals surface area contributed by atoms with Gasteiger partial charge in [-0.3, -0.25) is 14.9 Å². The van der Waals surface area contributed by atoms with Gasteiger partial charge in [-0.2, -0.15) is 0 Å². The Bertz CT molecular complexity index is 760. The number of amides is 2. The summed E-state index contributed by atoms with van der Waals surface area (Å²) in [6, 6.07) is 14.3. The fraction of sp³-hybridized carbons (Fsp3) is 0.167. The van der Waals surface area contributed by atoms with E-state index in [0.29, 0.717) is 17.7 Å². The average molecular weight is 341 g/mol. The second-order valence-corrected chi connectivity index (χ2v) is 5.56. The quantitative estimate of drug-likeness (QED) is 0.745. The van der Waals surface area contributed by atoms with E-state index in [-0.39, 0.29) is 16.9 Å². The minimum Gasteiger partial charge on any atom is -0.332 e. The molecule has 0 fully saturated rings. The molecule has 2 amide bonds. The Hall–Kier alpha value is -2.73. The average Bonchev–Trinajstić information content (AvgIpc) is 2.59. The SMILES string of the molecule is CCC(=O)Nc1cccc(NC(=S)NC(=O)c2ccccc2)c1C. The van der Waals surface area contributed by atoms with E-state index in [1.807, 2.05) is 31.2 Å². The van der Waals surface area contributed by atoms with Crippen molar-refractivity contribution >= 4 is 40.5 Å². The highest BCUT2D eigenvalue weighted by molar-refractivity contribution is 7.80. The number of nitrogens with one attached hydrogen (secondary N) is 3. The monoisotopic (exact) mass is 341 g/mol. The van der Waals surface area contributed by atoms with Gasteiger partial charge in [0.2, 0.25) is 5.91 Å². The van der Waals surface area contributed by atoms with Crippen molar-refractivity contribution in [2.75, 3.05) is 10.6 Å². The predicted octanol–water partition coefficient (Wildman–Crippen LogP) is 3.47. The molecular formula is C18H19N3O2S. The maximum Gasteiger partial charge on any atom is 0.257 e. The van der Waals surface area contributed by atoms with Crippen molar-refractivity contribution in [2.45, 2.75) is 20.3 Å². The molecule has 0 bridgehead atoms.